The summed E-state index contributed by atoms with van der Waals surface area (Å²) in [6.07, 6.45) is 8.11. The van der Waals surface area contributed by atoms with Crippen LogP contribution in [0.3, 0.4) is 0 Å². The second kappa shape index (κ2) is 7.78. The van der Waals surface area contributed by atoms with Gasteiger partial charge in [0.1, 0.15) is 5.52 Å². The third-order valence-corrected chi connectivity index (χ3v) is 6.33. The van der Waals surface area contributed by atoms with Crippen LogP contribution in [0.15, 0.2) is 41.5 Å². The molecule has 3 atom stereocenters. The van der Waals surface area contributed by atoms with E-state index >= 15 is 0 Å². The highest BCUT2D eigenvalue weighted by atomic mass is 16.1. The topological polar surface area (TPSA) is 68.4 Å². The number of pyridine rings is 1. The van der Waals surface area contributed by atoms with Crippen molar-refractivity contribution in [2.75, 3.05) is 0 Å². The summed E-state index contributed by atoms with van der Waals surface area (Å²) < 4.78 is 3.57. The first-order chi connectivity index (χ1) is 13.6. The molecule has 3 aromatic heterocycles. The van der Waals surface area contributed by atoms with Crippen LogP contribution in [0.4, 0.5) is 0 Å². The van der Waals surface area contributed by atoms with E-state index in [1.54, 1.807) is 10.8 Å². The Kier molecular flexibility index (Phi) is 5.20. The van der Waals surface area contributed by atoms with Gasteiger partial charge in [-0.15, -0.1) is 0 Å². The van der Waals surface area contributed by atoms with Crippen LogP contribution in [0.1, 0.15) is 46.0 Å². The van der Waals surface area contributed by atoms with Crippen molar-refractivity contribution in [3.05, 3.63) is 47.0 Å². The monoisotopic (exact) mass is 380 g/mol. The summed E-state index contributed by atoms with van der Waals surface area (Å²) >= 11 is 0. The lowest BCUT2D eigenvalue weighted by Crippen LogP contribution is -2.43. The Morgan fingerprint density at radius 2 is 2.04 bits per heavy atom. The standard InChI is InChI=1S/C22H28N4O2/c1-15-7-3-8-17(16(15)2)24-20(27)11-6-14-26-21-18(9-4-12-23-21)25-13-5-10-19(25)22(26)28/h4-5,9-10,12-13,15-17H,3,6-8,11,14H2,1-2H3,(H,24,27)/t15-,16+,17-/m1/s1. The van der Waals surface area contributed by atoms with Crippen molar-refractivity contribution < 1.29 is 4.79 Å². The fraction of sp³-hybridized carbons (Fsp3) is 0.500. The number of amides is 1. The summed E-state index contributed by atoms with van der Waals surface area (Å²) in [6.45, 7) is 4.99. The Labute approximate surface area is 164 Å². The first kappa shape index (κ1) is 18.7. The average Bonchev–Trinajstić information content (AvgIpc) is 3.18. The van der Waals surface area contributed by atoms with Gasteiger partial charge in [-0.3, -0.25) is 14.2 Å². The van der Waals surface area contributed by atoms with E-state index in [1.165, 1.54) is 12.8 Å². The Bertz CT molecular complexity index is 1050. The van der Waals surface area contributed by atoms with Crippen LogP contribution >= 0.6 is 0 Å². The maximum Gasteiger partial charge on any atom is 0.276 e. The minimum Gasteiger partial charge on any atom is -0.353 e. The number of hydrogen-bond donors (Lipinski definition) is 1. The van der Waals surface area contributed by atoms with Gasteiger partial charge in [-0.1, -0.05) is 26.7 Å². The summed E-state index contributed by atoms with van der Waals surface area (Å²) in [5, 5.41) is 3.22. The third-order valence-electron chi connectivity index (χ3n) is 6.33. The molecule has 6 heteroatoms. The summed E-state index contributed by atoms with van der Waals surface area (Å²) in [5.74, 6) is 1.26. The van der Waals surface area contributed by atoms with Gasteiger partial charge in [-0.2, -0.15) is 0 Å². The first-order valence-corrected chi connectivity index (χ1v) is 10.3. The van der Waals surface area contributed by atoms with Crippen LogP contribution < -0.4 is 10.9 Å². The summed E-state index contributed by atoms with van der Waals surface area (Å²) in [4.78, 5) is 29.8. The van der Waals surface area contributed by atoms with Crippen molar-refractivity contribution in [2.45, 2.75) is 58.5 Å². The molecule has 0 aliphatic heterocycles. The van der Waals surface area contributed by atoms with E-state index in [1.807, 2.05) is 34.9 Å². The molecule has 1 saturated carbocycles. The molecule has 148 valence electrons. The molecule has 1 fully saturated rings. The van der Waals surface area contributed by atoms with Gasteiger partial charge in [-0.25, -0.2) is 4.98 Å². The van der Waals surface area contributed by atoms with Crippen LogP contribution in [-0.2, 0) is 11.3 Å². The van der Waals surface area contributed by atoms with Crippen molar-refractivity contribution in [1.82, 2.24) is 19.3 Å². The Morgan fingerprint density at radius 1 is 1.21 bits per heavy atom. The van der Waals surface area contributed by atoms with E-state index in [0.29, 0.717) is 42.4 Å². The summed E-state index contributed by atoms with van der Waals surface area (Å²) in [7, 11) is 0. The van der Waals surface area contributed by atoms with Crippen molar-refractivity contribution in [3.8, 4) is 0 Å². The van der Waals surface area contributed by atoms with Crippen LogP contribution in [0, 0.1) is 11.8 Å². The number of aryl methyl sites for hydroxylation is 1. The van der Waals surface area contributed by atoms with Gasteiger partial charge in [0.05, 0.1) is 5.52 Å². The number of aromatic nitrogens is 3. The van der Waals surface area contributed by atoms with E-state index in [4.69, 9.17) is 0 Å². The van der Waals surface area contributed by atoms with E-state index in [9.17, 15) is 9.59 Å². The van der Waals surface area contributed by atoms with E-state index in [2.05, 4.69) is 24.1 Å². The normalized spacial score (nSPS) is 22.6. The van der Waals surface area contributed by atoms with Crippen LogP contribution in [0.25, 0.3) is 16.7 Å². The van der Waals surface area contributed by atoms with Crippen molar-refractivity contribution in [2.24, 2.45) is 11.8 Å². The SMILES string of the molecule is C[C@H]1[C@H](C)CCC[C@H]1NC(=O)CCCn1c(=O)c2cccn2c2cccnc21. The lowest BCUT2D eigenvalue weighted by atomic mass is 9.78. The van der Waals surface area contributed by atoms with E-state index in [0.717, 1.165) is 11.9 Å². The molecule has 0 bridgehead atoms. The van der Waals surface area contributed by atoms with Gasteiger partial charge in [0.25, 0.3) is 5.56 Å². The molecule has 28 heavy (non-hydrogen) atoms. The van der Waals surface area contributed by atoms with Crippen molar-refractivity contribution in [1.29, 1.82) is 0 Å². The number of carbonyl (C=O) groups is 1. The number of fused-ring (bicyclic) bond motifs is 3. The highest BCUT2D eigenvalue weighted by Crippen LogP contribution is 2.29. The second-order valence-electron chi connectivity index (χ2n) is 8.11. The zero-order valence-electron chi connectivity index (χ0n) is 16.6. The maximum atomic E-state index is 12.9. The van der Waals surface area contributed by atoms with Gasteiger partial charge in [0.2, 0.25) is 5.91 Å². The Hall–Kier alpha value is -2.63. The summed E-state index contributed by atoms with van der Waals surface area (Å²) in [5.41, 5.74) is 2.13. The third kappa shape index (κ3) is 3.43. The molecule has 3 heterocycles. The predicted octanol–water partition coefficient (Wildman–Crippen LogP) is 3.37. The molecular formula is C22H28N4O2. The molecule has 0 radical (unpaired) electrons. The molecule has 4 rings (SSSR count). The number of hydrogen-bond acceptors (Lipinski definition) is 3. The lowest BCUT2D eigenvalue weighted by Gasteiger charge is -2.34. The Balaban J connectivity index is 1.46. The molecule has 1 aliphatic carbocycles. The van der Waals surface area contributed by atoms with Crippen LogP contribution in [-0.4, -0.2) is 25.9 Å². The highest BCUT2D eigenvalue weighted by molar-refractivity contribution is 5.76. The zero-order chi connectivity index (χ0) is 19.7. The predicted molar refractivity (Wildman–Crippen MR) is 110 cm³/mol. The molecule has 1 amide bonds. The quantitative estimate of drug-likeness (QED) is 0.738. The minimum atomic E-state index is -0.0636. The number of nitrogens with zero attached hydrogens (tertiary/aromatic N) is 3. The highest BCUT2D eigenvalue weighted by Gasteiger charge is 2.27. The maximum absolute atomic E-state index is 12.9. The molecule has 0 unspecified atom stereocenters. The molecule has 0 saturated heterocycles. The molecule has 6 nitrogen and oxygen atoms in total. The molecule has 1 N–H and O–H groups in total. The number of carbonyl (C=O) groups excluding carboxylic acids is 1. The van der Waals surface area contributed by atoms with Gasteiger partial charge in [-0.05, 0) is 48.9 Å². The number of rotatable bonds is 5. The zero-order valence-corrected chi connectivity index (χ0v) is 16.6. The van der Waals surface area contributed by atoms with Gasteiger partial charge in [0.15, 0.2) is 5.65 Å². The van der Waals surface area contributed by atoms with Crippen LogP contribution in [0.2, 0.25) is 0 Å². The average molecular weight is 380 g/mol. The summed E-state index contributed by atoms with van der Waals surface area (Å²) in [6, 6.07) is 7.80. The largest absolute Gasteiger partial charge is 0.353 e. The smallest absolute Gasteiger partial charge is 0.276 e. The molecule has 0 aromatic carbocycles. The minimum absolute atomic E-state index is 0.0636. The molecular weight excluding hydrogens is 352 g/mol. The second-order valence-corrected chi connectivity index (χ2v) is 8.11. The Morgan fingerprint density at radius 3 is 2.89 bits per heavy atom. The molecule has 3 aromatic rings. The van der Waals surface area contributed by atoms with Gasteiger partial charge in [0, 0.05) is 31.4 Å². The van der Waals surface area contributed by atoms with E-state index < -0.39 is 0 Å². The lowest BCUT2D eigenvalue weighted by molar-refractivity contribution is -0.122. The molecule has 0 spiro atoms. The fourth-order valence-corrected chi connectivity index (χ4v) is 4.45. The van der Waals surface area contributed by atoms with Gasteiger partial charge >= 0.3 is 0 Å². The number of nitrogens with one attached hydrogen (secondary N) is 1. The van der Waals surface area contributed by atoms with Gasteiger partial charge < -0.3 is 9.72 Å². The van der Waals surface area contributed by atoms with Crippen molar-refractivity contribution in [3.63, 3.8) is 0 Å². The molecule has 1 aliphatic rings. The fourth-order valence-electron chi connectivity index (χ4n) is 4.45. The van der Waals surface area contributed by atoms with E-state index in [-0.39, 0.29) is 17.5 Å². The first-order valence-electron chi connectivity index (χ1n) is 10.3. The van der Waals surface area contributed by atoms with Crippen LogP contribution in [0.5, 0.6) is 0 Å². The van der Waals surface area contributed by atoms with Crippen molar-refractivity contribution >= 4 is 22.6 Å².